The molecule has 422 valence electrons. The molecule has 1 aliphatic rings. The van der Waals surface area contributed by atoms with E-state index >= 15 is 4.79 Å². The summed E-state index contributed by atoms with van der Waals surface area (Å²) in [4.78, 5) is 131. The van der Waals surface area contributed by atoms with Gasteiger partial charge in [0.1, 0.15) is 41.8 Å². The Morgan fingerprint density at radius 2 is 1.23 bits per heavy atom. The zero-order valence-electron chi connectivity index (χ0n) is 44.5. The van der Waals surface area contributed by atoms with Crippen LogP contribution in [0, 0.1) is 0 Å². The van der Waals surface area contributed by atoms with Crippen LogP contribution in [-0.2, 0) is 56.0 Å². The second-order valence-electron chi connectivity index (χ2n) is 20.0. The first-order valence-corrected chi connectivity index (χ1v) is 26.7. The second kappa shape index (κ2) is 30.0. The number of nitrogens with zero attached hydrogens (tertiary/aromatic N) is 1. The normalized spacial score (nSPS) is 15.2. The molecular formula is C55H77N13O10. The van der Waals surface area contributed by atoms with E-state index in [1.54, 1.807) is 12.3 Å². The average molecular weight is 1080 g/mol. The fourth-order valence-corrected chi connectivity index (χ4v) is 9.67. The average Bonchev–Trinajstić information content (AvgIpc) is 3.81. The van der Waals surface area contributed by atoms with Crippen molar-refractivity contribution >= 4 is 80.9 Å². The number of rotatable bonds is 31. The summed E-state index contributed by atoms with van der Waals surface area (Å²) in [7, 11) is 0. The second-order valence-corrected chi connectivity index (χ2v) is 20.0. The Hall–Kier alpha value is -8.08. The van der Waals surface area contributed by atoms with E-state index in [9.17, 15) is 43.5 Å². The fourth-order valence-electron chi connectivity index (χ4n) is 9.67. The first-order chi connectivity index (χ1) is 37.3. The molecular weight excluding hydrogens is 1000 g/mol. The molecule has 0 radical (unpaired) electrons. The number of H-pyrrole nitrogens is 1. The van der Waals surface area contributed by atoms with E-state index in [4.69, 9.17) is 22.9 Å². The molecule has 1 aromatic heterocycles. The molecule has 0 unspecified atom stereocenters. The summed E-state index contributed by atoms with van der Waals surface area (Å²) in [6.07, 6.45) is 5.33. The van der Waals surface area contributed by atoms with E-state index in [2.05, 4.69) is 47.2 Å². The van der Waals surface area contributed by atoms with Crippen molar-refractivity contribution in [3.05, 3.63) is 84.1 Å². The molecule has 0 bridgehead atoms. The zero-order valence-corrected chi connectivity index (χ0v) is 44.5. The number of nitrogens with two attached hydrogens (primary N) is 4. The maximum atomic E-state index is 15.0. The molecule has 3 aromatic carbocycles. The van der Waals surface area contributed by atoms with Gasteiger partial charge in [0, 0.05) is 43.4 Å². The number of aromatic nitrogens is 1. The Bertz CT molecular complexity index is 2770. The molecule has 8 amide bonds. The van der Waals surface area contributed by atoms with Crippen molar-refractivity contribution in [1.82, 2.24) is 42.2 Å². The van der Waals surface area contributed by atoms with E-state index in [0.29, 0.717) is 62.6 Å². The first kappa shape index (κ1) is 60.8. The Balaban J connectivity index is 1.49. The van der Waals surface area contributed by atoms with Crippen molar-refractivity contribution in [2.24, 2.45) is 27.9 Å². The third-order valence-corrected chi connectivity index (χ3v) is 13.8. The molecule has 1 aliphatic carbocycles. The van der Waals surface area contributed by atoms with Gasteiger partial charge in [0.2, 0.25) is 47.3 Å². The fraction of sp³-hybridized carbons (Fsp3) is 0.491. The molecule has 4 aromatic rings. The summed E-state index contributed by atoms with van der Waals surface area (Å²) >= 11 is 0. The van der Waals surface area contributed by atoms with Gasteiger partial charge < -0.3 is 70.2 Å². The van der Waals surface area contributed by atoms with Crippen molar-refractivity contribution in [3.63, 3.8) is 0 Å². The maximum Gasteiger partial charge on any atom is 0.305 e. The number of primary amides is 1. The Morgan fingerprint density at radius 1 is 0.641 bits per heavy atom. The quantitative estimate of drug-likeness (QED) is 0.0192. The highest BCUT2D eigenvalue weighted by Crippen LogP contribution is 2.30. The standard InChI is InChI=1S/C55H77N13O10/c1-3-4-18-41(62-33(2)69)48(73)66-45(31-46(70)71)52(77)68-55(24-11-5-12-25-55)53(78)67-43(29-34-22-23-35-15-6-7-16-36(35)28-34)50(75)64-42(21-14-27-60-54(58)59)49(74)65-44(30-37-32-61-39-19-9-8-17-38(37)39)51(76)63-40(47(57)72)20-10-13-26-56/h6-9,15-17,19,22-23,28,32,40-45,61H,3-5,10-14,18,20-21,24-27,29-31,56H2,1-2H3,(H2,57,72)(H,62,69)(H,63,76)(H,64,75)(H,65,74)(H,66,73)(H,67,78)(H,68,77)(H,70,71)(H4,58,59,60)/t40-,41-,42-,43+,44-,45-/m0/s1. The number of carboxylic acids is 1. The number of unbranched alkanes of at least 4 members (excludes halogenated alkanes) is 2. The molecule has 23 nitrogen and oxygen atoms in total. The molecule has 0 saturated heterocycles. The van der Waals surface area contributed by atoms with Crippen LogP contribution < -0.4 is 60.2 Å². The topological polar surface area (TPSA) is 390 Å². The minimum absolute atomic E-state index is 0.0509. The van der Waals surface area contributed by atoms with E-state index in [1.807, 2.05) is 67.6 Å². The summed E-state index contributed by atoms with van der Waals surface area (Å²) in [6.45, 7) is 3.54. The molecule has 6 atom stereocenters. The van der Waals surface area contributed by atoms with Gasteiger partial charge in [0.25, 0.3) is 0 Å². The summed E-state index contributed by atoms with van der Waals surface area (Å²) in [5, 5.41) is 31.4. The molecule has 1 heterocycles. The zero-order chi connectivity index (χ0) is 56.8. The number of fused-ring (bicyclic) bond motifs is 2. The Labute approximate surface area is 453 Å². The Kier molecular flexibility index (Phi) is 23.4. The van der Waals surface area contributed by atoms with Crippen LogP contribution in [-0.4, -0.2) is 124 Å². The lowest BCUT2D eigenvalue weighted by Gasteiger charge is -2.38. The predicted octanol–water partition coefficient (Wildman–Crippen LogP) is 1.19. The largest absolute Gasteiger partial charge is 0.481 e. The number of aliphatic carboxylic acids is 1. The molecule has 17 N–H and O–H groups in total. The highest BCUT2D eigenvalue weighted by Gasteiger charge is 2.44. The number of guanidine groups is 1. The summed E-state index contributed by atoms with van der Waals surface area (Å²) in [6, 6.07) is 12.5. The van der Waals surface area contributed by atoms with Crippen LogP contribution in [0.1, 0.15) is 115 Å². The molecule has 0 spiro atoms. The third kappa shape index (κ3) is 18.3. The van der Waals surface area contributed by atoms with Crippen LogP contribution in [0.2, 0.25) is 0 Å². The number of para-hydroxylation sites is 1. The molecule has 0 aliphatic heterocycles. The molecule has 23 heteroatoms. The number of carbonyl (C=O) groups is 9. The van der Waals surface area contributed by atoms with Crippen molar-refractivity contribution < 1.29 is 48.3 Å². The van der Waals surface area contributed by atoms with Gasteiger partial charge in [0.05, 0.1) is 6.42 Å². The number of carboxylic acid groups (broad SMARTS) is 1. The lowest BCUT2D eigenvalue weighted by atomic mass is 9.80. The highest BCUT2D eigenvalue weighted by molar-refractivity contribution is 6.00. The van der Waals surface area contributed by atoms with Crippen molar-refractivity contribution in [1.29, 1.82) is 0 Å². The van der Waals surface area contributed by atoms with Gasteiger partial charge >= 0.3 is 5.97 Å². The maximum absolute atomic E-state index is 15.0. The summed E-state index contributed by atoms with van der Waals surface area (Å²) < 4.78 is 0. The lowest BCUT2D eigenvalue weighted by molar-refractivity contribution is -0.143. The molecule has 1 fully saturated rings. The number of aromatic amines is 1. The van der Waals surface area contributed by atoms with Crippen LogP contribution >= 0.6 is 0 Å². The van der Waals surface area contributed by atoms with Crippen LogP contribution in [0.4, 0.5) is 0 Å². The van der Waals surface area contributed by atoms with Gasteiger partial charge in [-0.05, 0) is 85.9 Å². The molecule has 78 heavy (non-hydrogen) atoms. The minimum Gasteiger partial charge on any atom is -0.481 e. The number of amides is 8. The SMILES string of the molecule is CCCC[C@H](NC(C)=O)C(=O)N[C@@H](CC(=O)O)C(=O)NC1(C(=O)N[C@H](Cc2ccc3ccccc3c2)C(=O)N[C@@H](CCCN=C(N)N)C(=O)N[C@@H](Cc2c[nH]c3ccccc23)C(=O)N[C@@H](CCCCN)C(N)=O)CCCCC1. The molecule has 5 rings (SSSR count). The monoisotopic (exact) mass is 1080 g/mol. The van der Waals surface area contributed by atoms with Gasteiger partial charge in [-0.2, -0.15) is 0 Å². The third-order valence-electron chi connectivity index (χ3n) is 13.8. The number of benzene rings is 3. The smallest absolute Gasteiger partial charge is 0.305 e. The van der Waals surface area contributed by atoms with Gasteiger partial charge in [0.15, 0.2) is 5.96 Å². The number of nitrogens with one attached hydrogen (secondary N) is 8. The molecule has 1 saturated carbocycles. The van der Waals surface area contributed by atoms with Gasteiger partial charge in [-0.3, -0.25) is 48.1 Å². The number of hydrogen-bond donors (Lipinski definition) is 13. The van der Waals surface area contributed by atoms with E-state index in [-0.39, 0.29) is 63.9 Å². The van der Waals surface area contributed by atoms with Crippen LogP contribution in [0.3, 0.4) is 0 Å². The number of carbonyl (C=O) groups excluding carboxylic acids is 8. The van der Waals surface area contributed by atoms with Crippen molar-refractivity contribution in [2.45, 2.75) is 158 Å². The van der Waals surface area contributed by atoms with Crippen LogP contribution in [0.15, 0.2) is 77.9 Å². The van der Waals surface area contributed by atoms with Crippen LogP contribution in [0.25, 0.3) is 21.7 Å². The van der Waals surface area contributed by atoms with Crippen molar-refractivity contribution in [2.75, 3.05) is 13.1 Å². The summed E-state index contributed by atoms with van der Waals surface area (Å²) in [5.41, 5.74) is 23.0. The highest BCUT2D eigenvalue weighted by atomic mass is 16.4. The van der Waals surface area contributed by atoms with Crippen molar-refractivity contribution in [3.8, 4) is 0 Å². The van der Waals surface area contributed by atoms with E-state index < -0.39 is 101 Å². The van der Waals surface area contributed by atoms with E-state index in [0.717, 1.165) is 21.7 Å². The van der Waals surface area contributed by atoms with Gasteiger partial charge in [-0.25, -0.2) is 0 Å². The van der Waals surface area contributed by atoms with Gasteiger partial charge in [-0.1, -0.05) is 99.7 Å². The minimum atomic E-state index is -1.69. The number of aliphatic imine (C=N–C) groups is 1. The Morgan fingerprint density at radius 3 is 1.88 bits per heavy atom. The first-order valence-electron chi connectivity index (χ1n) is 26.7. The van der Waals surface area contributed by atoms with Crippen LogP contribution in [0.5, 0.6) is 0 Å². The van der Waals surface area contributed by atoms with E-state index in [1.165, 1.54) is 6.92 Å². The number of hydrogen-bond acceptors (Lipinski definition) is 11. The van der Waals surface area contributed by atoms with Gasteiger partial charge in [-0.15, -0.1) is 0 Å². The predicted molar refractivity (Wildman–Crippen MR) is 295 cm³/mol. The summed E-state index contributed by atoms with van der Waals surface area (Å²) in [5.74, 6) is -7.72. The lowest BCUT2D eigenvalue weighted by Crippen LogP contribution is -2.66.